The van der Waals surface area contributed by atoms with Crippen LogP contribution in [0.3, 0.4) is 0 Å². The lowest BCUT2D eigenvalue weighted by molar-refractivity contribution is 0.0885. The summed E-state index contributed by atoms with van der Waals surface area (Å²) in [5.74, 6) is 1.80. The molecule has 3 nitrogen and oxygen atoms in total. The zero-order chi connectivity index (χ0) is 13.9. The van der Waals surface area contributed by atoms with Crippen LogP contribution in [0.4, 0.5) is 0 Å². The van der Waals surface area contributed by atoms with Crippen LogP contribution >= 0.6 is 11.6 Å². The van der Waals surface area contributed by atoms with Crippen molar-refractivity contribution in [2.45, 2.75) is 13.1 Å². The van der Waals surface area contributed by atoms with Gasteiger partial charge in [0.2, 0.25) is 0 Å². The molecule has 2 aromatic rings. The third-order valence-electron chi connectivity index (χ3n) is 3.38. The second kappa shape index (κ2) is 5.73. The monoisotopic (exact) mass is 289 g/mol. The second-order valence-corrected chi connectivity index (χ2v) is 5.30. The first-order valence-corrected chi connectivity index (χ1v) is 6.89. The van der Waals surface area contributed by atoms with Gasteiger partial charge in [0.1, 0.15) is 18.2 Å². The zero-order valence-electron chi connectivity index (χ0n) is 11.3. The molecule has 2 aromatic carbocycles. The molecule has 1 heterocycles. The summed E-state index contributed by atoms with van der Waals surface area (Å²) >= 11 is 5.90. The Kier molecular flexibility index (Phi) is 3.81. The molecule has 0 amide bonds. The second-order valence-electron chi connectivity index (χ2n) is 4.86. The third kappa shape index (κ3) is 2.89. The molecule has 0 bridgehead atoms. The fourth-order valence-corrected chi connectivity index (χ4v) is 2.47. The SMILES string of the molecule is COc1ccc2c(c1)CN(Cc1ccc(Cl)cc1)CO2. The van der Waals surface area contributed by atoms with Crippen molar-refractivity contribution in [3.63, 3.8) is 0 Å². The highest BCUT2D eigenvalue weighted by Gasteiger charge is 2.17. The summed E-state index contributed by atoms with van der Waals surface area (Å²) in [5.41, 5.74) is 2.38. The highest BCUT2D eigenvalue weighted by molar-refractivity contribution is 6.30. The molecule has 4 heteroatoms. The van der Waals surface area contributed by atoms with Gasteiger partial charge in [-0.3, -0.25) is 4.90 Å². The molecular weight excluding hydrogens is 274 g/mol. The van der Waals surface area contributed by atoms with E-state index in [0.29, 0.717) is 6.73 Å². The number of benzene rings is 2. The molecule has 3 rings (SSSR count). The van der Waals surface area contributed by atoms with Gasteiger partial charge in [0.25, 0.3) is 0 Å². The summed E-state index contributed by atoms with van der Waals surface area (Å²) in [4.78, 5) is 2.24. The lowest BCUT2D eigenvalue weighted by Gasteiger charge is -2.29. The predicted molar refractivity (Wildman–Crippen MR) is 79.2 cm³/mol. The summed E-state index contributed by atoms with van der Waals surface area (Å²) in [6.45, 7) is 2.30. The number of fused-ring (bicyclic) bond motifs is 1. The van der Waals surface area contributed by atoms with E-state index in [0.717, 1.165) is 35.2 Å². The lowest BCUT2D eigenvalue weighted by atomic mass is 10.1. The summed E-state index contributed by atoms with van der Waals surface area (Å²) in [6.07, 6.45) is 0. The van der Waals surface area contributed by atoms with Gasteiger partial charge in [-0.1, -0.05) is 23.7 Å². The minimum Gasteiger partial charge on any atom is -0.497 e. The minimum atomic E-state index is 0.599. The third-order valence-corrected chi connectivity index (χ3v) is 3.64. The summed E-state index contributed by atoms with van der Waals surface area (Å²) in [6, 6.07) is 13.8. The largest absolute Gasteiger partial charge is 0.497 e. The van der Waals surface area contributed by atoms with Gasteiger partial charge in [-0.2, -0.15) is 0 Å². The first-order valence-electron chi connectivity index (χ1n) is 6.51. The molecule has 0 saturated heterocycles. The van der Waals surface area contributed by atoms with E-state index in [4.69, 9.17) is 21.1 Å². The van der Waals surface area contributed by atoms with E-state index in [-0.39, 0.29) is 0 Å². The molecule has 0 aromatic heterocycles. The number of hydrogen-bond donors (Lipinski definition) is 0. The van der Waals surface area contributed by atoms with E-state index >= 15 is 0 Å². The van der Waals surface area contributed by atoms with Crippen molar-refractivity contribution in [2.75, 3.05) is 13.8 Å². The fraction of sp³-hybridized carbons (Fsp3) is 0.250. The van der Waals surface area contributed by atoms with Gasteiger partial charge in [0, 0.05) is 23.7 Å². The Balaban J connectivity index is 1.73. The van der Waals surface area contributed by atoms with Crippen molar-refractivity contribution in [2.24, 2.45) is 0 Å². The molecule has 1 aliphatic rings. The summed E-state index contributed by atoms with van der Waals surface area (Å²) < 4.78 is 11.0. The molecular formula is C16H16ClNO2. The number of methoxy groups -OCH3 is 1. The first-order chi connectivity index (χ1) is 9.74. The van der Waals surface area contributed by atoms with Crippen molar-refractivity contribution in [3.05, 3.63) is 58.6 Å². The summed E-state index contributed by atoms with van der Waals surface area (Å²) in [5, 5.41) is 0.763. The molecule has 0 radical (unpaired) electrons. The van der Waals surface area contributed by atoms with Crippen LogP contribution in [0.5, 0.6) is 11.5 Å². The quantitative estimate of drug-likeness (QED) is 0.860. The maximum atomic E-state index is 5.90. The average molecular weight is 290 g/mol. The Labute approximate surface area is 123 Å². The van der Waals surface area contributed by atoms with Crippen LogP contribution in [-0.2, 0) is 13.1 Å². The molecule has 0 fully saturated rings. The Morgan fingerprint density at radius 3 is 2.75 bits per heavy atom. The Bertz CT molecular complexity index is 598. The topological polar surface area (TPSA) is 21.7 Å². The van der Waals surface area contributed by atoms with Crippen molar-refractivity contribution in [1.82, 2.24) is 4.90 Å². The predicted octanol–water partition coefficient (Wildman–Crippen LogP) is 3.70. The molecule has 0 aliphatic carbocycles. The fourth-order valence-electron chi connectivity index (χ4n) is 2.34. The van der Waals surface area contributed by atoms with Gasteiger partial charge in [0.05, 0.1) is 7.11 Å². The highest BCUT2D eigenvalue weighted by Crippen LogP contribution is 2.29. The van der Waals surface area contributed by atoms with E-state index in [1.165, 1.54) is 5.56 Å². The molecule has 104 valence electrons. The van der Waals surface area contributed by atoms with Gasteiger partial charge in [-0.05, 0) is 35.9 Å². The highest BCUT2D eigenvalue weighted by atomic mass is 35.5. The van der Waals surface area contributed by atoms with Crippen molar-refractivity contribution in [3.8, 4) is 11.5 Å². The van der Waals surface area contributed by atoms with Crippen LogP contribution in [-0.4, -0.2) is 18.7 Å². The normalized spacial score (nSPS) is 14.5. The van der Waals surface area contributed by atoms with Crippen LogP contribution < -0.4 is 9.47 Å². The van der Waals surface area contributed by atoms with Crippen LogP contribution in [0.1, 0.15) is 11.1 Å². The molecule has 0 saturated carbocycles. The number of rotatable bonds is 3. The molecule has 0 N–H and O–H groups in total. The van der Waals surface area contributed by atoms with E-state index < -0.39 is 0 Å². The molecule has 0 spiro atoms. The zero-order valence-corrected chi connectivity index (χ0v) is 12.1. The standard InChI is InChI=1S/C16H16ClNO2/c1-19-15-6-7-16-13(8-15)10-18(11-20-16)9-12-2-4-14(17)5-3-12/h2-8H,9-11H2,1H3. The molecule has 1 aliphatic heterocycles. The minimum absolute atomic E-state index is 0.599. The van der Waals surface area contributed by atoms with E-state index in [1.54, 1.807) is 7.11 Å². The van der Waals surface area contributed by atoms with Crippen LogP contribution in [0, 0.1) is 0 Å². The van der Waals surface area contributed by atoms with Gasteiger partial charge in [0.15, 0.2) is 0 Å². The van der Waals surface area contributed by atoms with Gasteiger partial charge < -0.3 is 9.47 Å². The van der Waals surface area contributed by atoms with E-state index in [1.807, 2.05) is 42.5 Å². The number of nitrogens with zero attached hydrogens (tertiary/aromatic N) is 1. The van der Waals surface area contributed by atoms with Gasteiger partial charge in [-0.25, -0.2) is 0 Å². The molecule has 0 unspecified atom stereocenters. The van der Waals surface area contributed by atoms with Gasteiger partial charge in [-0.15, -0.1) is 0 Å². The average Bonchev–Trinajstić information content (AvgIpc) is 2.49. The maximum Gasteiger partial charge on any atom is 0.142 e. The lowest BCUT2D eigenvalue weighted by Crippen LogP contribution is -2.31. The Hall–Kier alpha value is -1.71. The van der Waals surface area contributed by atoms with E-state index in [2.05, 4.69) is 4.90 Å². The van der Waals surface area contributed by atoms with Crippen LogP contribution in [0.25, 0.3) is 0 Å². The van der Waals surface area contributed by atoms with Gasteiger partial charge >= 0.3 is 0 Å². The Morgan fingerprint density at radius 2 is 2.00 bits per heavy atom. The molecule has 20 heavy (non-hydrogen) atoms. The number of halogens is 1. The number of hydrogen-bond acceptors (Lipinski definition) is 3. The maximum absolute atomic E-state index is 5.90. The van der Waals surface area contributed by atoms with Crippen molar-refractivity contribution < 1.29 is 9.47 Å². The smallest absolute Gasteiger partial charge is 0.142 e. The van der Waals surface area contributed by atoms with Crippen molar-refractivity contribution >= 4 is 11.6 Å². The Morgan fingerprint density at radius 1 is 1.20 bits per heavy atom. The van der Waals surface area contributed by atoms with Crippen LogP contribution in [0.2, 0.25) is 5.02 Å². The van der Waals surface area contributed by atoms with Crippen molar-refractivity contribution in [1.29, 1.82) is 0 Å². The summed E-state index contributed by atoms with van der Waals surface area (Å²) in [7, 11) is 1.68. The number of ether oxygens (including phenoxy) is 2. The first kappa shape index (κ1) is 13.3. The molecule has 0 atom stereocenters. The van der Waals surface area contributed by atoms with E-state index in [9.17, 15) is 0 Å². The van der Waals surface area contributed by atoms with Crippen LogP contribution in [0.15, 0.2) is 42.5 Å².